The number of allylic oxidation sites excluding steroid dienone is 2. The fourth-order valence-electron chi connectivity index (χ4n) is 3.60. The number of aromatic nitrogens is 4. The number of H-pyrrole nitrogens is 2. The largest absolute Gasteiger partial charge is 0.313 e. The van der Waals surface area contributed by atoms with Gasteiger partial charge in [0, 0.05) is 11.3 Å². The number of hydrogen-bond acceptors (Lipinski definition) is 4. The Morgan fingerprint density at radius 1 is 1.25 bits per heavy atom. The van der Waals surface area contributed by atoms with Gasteiger partial charge in [-0.25, -0.2) is 4.98 Å². The highest BCUT2D eigenvalue weighted by Gasteiger charge is 2.36. The second-order valence-electron chi connectivity index (χ2n) is 6.42. The first-order valence-electron chi connectivity index (χ1n) is 8.04. The lowest BCUT2D eigenvalue weighted by Gasteiger charge is -2.24. The van der Waals surface area contributed by atoms with Gasteiger partial charge in [0.15, 0.2) is 0 Å². The van der Waals surface area contributed by atoms with Crippen molar-refractivity contribution in [1.82, 2.24) is 20.2 Å². The fourth-order valence-corrected chi connectivity index (χ4v) is 3.60. The Balaban J connectivity index is 1.77. The van der Waals surface area contributed by atoms with E-state index in [0.717, 1.165) is 34.9 Å². The van der Waals surface area contributed by atoms with Crippen LogP contribution in [0.3, 0.4) is 0 Å². The molecule has 0 amide bonds. The third-order valence-corrected chi connectivity index (χ3v) is 4.92. The number of aromatic amines is 2. The molecule has 2 aliphatic carbocycles. The predicted octanol–water partition coefficient (Wildman–Crippen LogP) is 2.60. The first kappa shape index (κ1) is 13.4. The molecule has 0 spiro atoms. The van der Waals surface area contributed by atoms with Crippen LogP contribution in [-0.2, 0) is 0 Å². The van der Waals surface area contributed by atoms with E-state index in [2.05, 4.69) is 26.2 Å². The zero-order valence-electron chi connectivity index (χ0n) is 12.8. The Kier molecular flexibility index (Phi) is 2.65. The van der Waals surface area contributed by atoms with Crippen molar-refractivity contribution in [3.05, 3.63) is 64.0 Å². The Bertz CT molecular complexity index is 1070. The molecule has 2 heterocycles. The second-order valence-corrected chi connectivity index (χ2v) is 6.42. The molecule has 0 radical (unpaired) electrons. The van der Waals surface area contributed by atoms with E-state index in [1.807, 2.05) is 18.2 Å². The van der Waals surface area contributed by atoms with Crippen molar-refractivity contribution in [3.63, 3.8) is 0 Å². The standard InChI is InChI=1S/C18H15N5O/c19-16-12(10-2-1-3-14-13(10)7-22-23-14)6-11(9-4-5-9)17-15(16)18(24)21-8-20-17/h1-3,6-9,12,19H,4-5H2,(H,22,23)(H,20,21,24). The summed E-state index contributed by atoms with van der Waals surface area (Å²) >= 11 is 0. The van der Waals surface area contributed by atoms with Gasteiger partial charge in [-0.3, -0.25) is 9.89 Å². The van der Waals surface area contributed by atoms with Gasteiger partial charge < -0.3 is 10.4 Å². The summed E-state index contributed by atoms with van der Waals surface area (Å²) in [6.45, 7) is 0. The first-order chi connectivity index (χ1) is 11.7. The molecule has 1 aromatic carbocycles. The molecule has 3 aromatic rings. The van der Waals surface area contributed by atoms with Crippen molar-refractivity contribution in [3.8, 4) is 0 Å². The monoisotopic (exact) mass is 317 g/mol. The third-order valence-electron chi connectivity index (χ3n) is 4.92. The van der Waals surface area contributed by atoms with Crippen LogP contribution in [0.2, 0.25) is 0 Å². The van der Waals surface area contributed by atoms with E-state index in [1.165, 1.54) is 6.33 Å². The highest BCUT2D eigenvalue weighted by atomic mass is 16.1. The van der Waals surface area contributed by atoms with Crippen molar-refractivity contribution >= 4 is 22.2 Å². The molecule has 5 rings (SSSR count). The number of fused-ring (bicyclic) bond motifs is 2. The molecule has 2 aromatic heterocycles. The third kappa shape index (κ3) is 1.83. The molecule has 6 heteroatoms. The van der Waals surface area contributed by atoms with Gasteiger partial charge in [0.2, 0.25) is 0 Å². The number of benzene rings is 1. The quantitative estimate of drug-likeness (QED) is 0.677. The van der Waals surface area contributed by atoms with Crippen LogP contribution in [0.4, 0.5) is 0 Å². The van der Waals surface area contributed by atoms with Gasteiger partial charge in [0.05, 0.1) is 35.0 Å². The second kappa shape index (κ2) is 4.74. The summed E-state index contributed by atoms with van der Waals surface area (Å²) < 4.78 is 0. The zero-order valence-corrected chi connectivity index (χ0v) is 12.8. The van der Waals surface area contributed by atoms with Crippen LogP contribution in [0.15, 0.2) is 41.6 Å². The summed E-state index contributed by atoms with van der Waals surface area (Å²) in [5.41, 5.74) is 4.20. The molecule has 1 unspecified atom stereocenters. The van der Waals surface area contributed by atoms with Crippen LogP contribution in [-0.4, -0.2) is 25.9 Å². The van der Waals surface area contributed by atoms with Crippen LogP contribution in [0.1, 0.15) is 35.6 Å². The Labute approximate surface area is 137 Å². The van der Waals surface area contributed by atoms with E-state index in [0.29, 0.717) is 22.9 Å². The normalized spacial score (nSPS) is 20.1. The molecule has 6 nitrogen and oxygen atoms in total. The van der Waals surface area contributed by atoms with Gasteiger partial charge in [-0.2, -0.15) is 5.10 Å². The van der Waals surface area contributed by atoms with E-state index in [9.17, 15) is 4.79 Å². The maximum Gasteiger partial charge on any atom is 0.260 e. The van der Waals surface area contributed by atoms with Gasteiger partial charge in [0.1, 0.15) is 0 Å². The molecule has 118 valence electrons. The van der Waals surface area contributed by atoms with Crippen LogP contribution in [0, 0.1) is 11.3 Å². The number of nitrogens with zero attached hydrogens (tertiary/aromatic N) is 2. The summed E-state index contributed by atoms with van der Waals surface area (Å²) in [6, 6.07) is 5.93. The molecule has 1 saturated carbocycles. The summed E-state index contributed by atoms with van der Waals surface area (Å²) in [5.74, 6) is 0.205. The van der Waals surface area contributed by atoms with Gasteiger partial charge in [0.25, 0.3) is 5.56 Å². The average Bonchev–Trinajstić information content (AvgIpc) is 3.31. The van der Waals surface area contributed by atoms with E-state index in [1.54, 1.807) is 6.20 Å². The number of hydrogen-bond donors (Lipinski definition) is 3. The Morgan fingerprint density at radius 3 is 2.96 bits per heavy atom. The van der Waals surface area contributed by atoms with E-state index < -0.39 is 0 Å². The summed E-state index contributed by atoms with van der Waals surface area (Å²) in [6.07, 6.45) is 7.58. The van der Waals surface area contributed by atoms with Crippen LogP contribution < -0.4 is 5.56 Å². The Morgan fingerprint density at radius 2 is 2.12 bits per heavy atom. The number of rotatable bonds is 2. The van der Waals surface area contributed by atoms with E-state index in [4.69, 9.17) is 5.41 Å². The van der Waals surface area contributed by atoms with Crippen LogP contribution >= 0.6 is 0 Å². The molecule has 2 aliphatic rings. The van der Waals surface area contributed by atoms with Gasteiger partial charge in [-0.15, -0.1) is 0 Å². The fraction of sp³-hybridized carbons (Fsp3) is 0.222. The predicted molar refractivity (Wildman–Crippen MR) is 91.2 cm³/mol. The van der Waals surface area contributed by atoms with Crippen LogP contribution in [0.25, 0.3) is 16.5 Å². The zero-order chi connectivity index (χ0) is 16.3. The SMILES string of the molecule is N=C1c2c(nc[nH]c2=O)C(C2CC2)=CC1c1cccc2[nH]ncc12. The molecular weight excluding hydrogens is 302 g/mol. The number of nitrogens with one attached hydrogen (secondary N) is 3. The summed E-state index contributed by atoms with van der Waals surface area (Å²) in [7, 11) is 0. The minimum Gasteiger partial charge on any atom is -0.313 e. The van der Waals surface area contributed by atoms with Gasteiger partial charge in [-0.05, 0) is 36.0 Å². The first-order valence-corrected chi connectivity index (χ1v) is 8.04. The Hall–Kier alpha value is -3.02. The smallest absolute Gasteiger partial charge is 0.260 e. The van der Waals surface area contributed by atoms with Crippen molar-refractivity contribution < 1.29 is 0 Å². The van der Waals surface area contributed by atoms with Gasteiger partial charge >= 0.3 is 0 Å². The lowest BCUT2D eigenvalue weighted by atomic mass is 9.80. The molecule has 0 aliphatic heterocycles. The van der Waals surface area contributed by atoms with E-state index in [-0.39, 0.29) is 11.5 Å². The molecule has 1 atom stereocenters. The van der Waals surface area contributed by atoms with Crippen molar-refractivity contribution in [2.75, 3.05) is 0 Å². The molecule has 24 heavy (non-hydrogen) atoms. The average molecular weight is 317 g/mol. The lowest BCUT2D eigenvalue weighted by Crippen LogP contribution is -2.28. The maximum absolute atomic E-state index is 12.4. The molecular formula is C18H15N5O. The summed E-state index contributed by atoms with van der Waals surface area (Å²) in [5, 5.41) is 16.7. The molecule has 1 fully saturated rings. The minimum atomic E-state index is -0.250. The molecule has 0 saturated heterocycles. The molecule has 3 N–H and O–H groups in total. The van der Waals surface area contributed by atoms with Crippen molar-refractivity contribution in [1.29, 1.82) is 5.41 Å². The van der Waals surface area contributed by atoms with Gasteiger partial charge in [-0.1, -0.05) is 18.2 Å². The summed E-state index contributed by atoms with van der Waals surface area (Å²) in [4.78, 5) is 19.4. The topological polar surface area (TPSA) is 98.3 Å². The highest BCUT2D eigenvalue weighted by Crippen LogP contribution is 2.46. The lowest BCUT2D eigenvalue weighted by molar-refractivity contribution is 0.989. The van der Waals surface area contributed by atoms with E-state index >= 15 is 0 Å². The highest BCUT2D eigenvalue weighted by molar-refractivity contribution is 6.11. The van der Waals surface area contributed by atoms with Crippen molar-refractivity contribution in [2.24, 2.45) is 5.92 Å². The maximum atomic E-state index is 12.4. The van der Waals surface area contributed by atoms with Crippen molar-refractivity contribution in [2.45, 2.75) is 18.8 Å². The molecule has 0 bridgehead atoms. The minimum absolute atomic E-state index is 0.236. The van der Waals surface area contributed by atoms with Crippen LogP contribution in [0.5, 0.6) is 0 Å².